The Morgan fingerprint density at radius 2 is 2.21 bits per heavy atom. The minimum atomic E-state index is 0. The number of aryl methyl sites for hydroxylation is 2. The molecule has 102 valence electrons. The lowest BCUT2D eigenvalue weighted by molar-refractivity contribution is -0.949. The van der Waals surface area contributed by atoms with Gasteiger partial charge in [0.1, 0.15) is 12.6 Å². The van der Waals surface area contributed by atoms with Gasteiger partial charge in [0, 0.05) is 17.3 Å². The zero-order valence-corrected chi connectivity index (χ0v) is 12.0. The van der Waals surface area contributed by atoms with E-state index in [1.165, 1.54) is 46.4 Å². The van der Waals surface area contributed by atoms with Crippen molar-refractivity contribution in [2.75, 3.05) is 6.54 Å². The third kappa shape index (κ3) is 1.72. The molecule has 0 amide bonds. The number of nitrogens with one attached hydrogen (secondary N) is 1. The Kier molecular flexibility index (Phi) is 3.08. The molecule has 2 heterocycles. The van der Waals surface area contributed by atoms with Crippen molar-refractivity contribution >= 4 is 10.9 Å². The molecule has 1 aliphatic heterocycles. The summed E-state index contributed by atoms with van der Waals surface area (Å²) in [5.74, 6) is 6.26. The summed E-state index contributed by atoms with van der Waals surface area (Å²) < 4.78 is 2.53. The quantitative estimate of drug-likeness (QED) is 0.543. The molecule has 2 unspecified atom stereocenters. The van der Waals surface area contributed by atoms with Gasteiger partial charge in [0.2, 0.25) is 0 Å². The molecule has 3 N–H and O–H groups in total. The highest BCUT2D eigenvalue weighted by Gasteiger charge is 2.36. The summed E-state index contributed by atoms with van der Waals surface area (Å²) in [5, 5.41) is 2.69. The van der Waals surface area contributed by atoms with Crippen molar-refractivity contribution in [3.8, 4) is 0 Å². The Bertz CT molecular complexity index is 632. The van der Waals surface area contributed by atoms with Crippen LogP contribution in [-0.4, -0.2) is 11.1 Å². The van der Waals surface area contributed by atoms with Crippen LogP contribution in [0.2, 0.25) is 0 Å². The number of quaternary nitrogens is 1. The number of benzene rings is 1. The predicted molar refractivity (Wildman–Crippen MR) is 72.4 cm³/mol. The molecule has 0 spiro atoms. The molecule has 1 aliphatic carbocycles. The molecule has 0 saturated carbocycles. The van der Waals surface area contributed by atoms with E-state index in [1.807, 2.05) is 0 Å². The number of nitrogens with zero attached hydrogens (tertiary/aromatic N) is 1. The van der Waals surface area contributed by atoms with Crippen LogP contribution in [-0.2, 0) is 13.0 Å². The Labute approximate surface area is 119 Å². The second-order valence-electron chi connectivity index (χ2n) is 5.81. The van der Waals surface area contributed by atoms with Gasteiger partial charge < -0.3 is 17.0 Å². The van der Waals surface area contributed by atoms with Crippen LogP contribution in [0.15, 0.2) is 18.2 Å². The molecular formula is C15H20ClN3. The predicted octanol–water partition coefficient (Wildman–Crippen LogP) is -1.90. The summed E-state index contributed by atoms with van der Waals surface area (Å²) in [6.45, 7) is 4.30. The summed E-state index contributed by atoms with van der Waals surface area (Å²) in [6.07, 6.45) is 3.76. The number of nitrogens with two attached hydrogens (primary N) is 1. The van der Waals surface area contributed by atoms with Crippen LogP contribution in [0.1, 0.15) is 35.7 Å². The average Bonchev–Trinajstić information content (AvgIpc) is 2.69. The fraction of sp³-hybridized carbons (Fsp3) is 0.467. The van der Waals surface area contributed by atoms with E-state index in [9.17, 15) is 0 Å². The highest BCUT2D eigenvalue weighted by Crippen LogP contribution is 2.37. The van der Waals surface area contributed by atoms with Gasteiger partial charge in [-0.15, -0.1) is 0 Å². The Hall–Kier alpha value is -1.03. The molecule has 2 aliphatic rings. The monoisotopic (exact) mass is 277 g/mol. The summed E-state index contributed by atoms with van der Waals surface area (Å²) in [4.78, 5) is 0. The normalized spacial score (nSPS) is 24.9. The number of hydrogen-bond donors (Lipinski definition) is 2. The minimum absolute atomic E-state index is 0. The molecular weight excluding hydrogens is 258 g/mol. The second-order valence-corrected chi connectivity index (χ2v) is 5.81. The van der Waals surface area contributed by atoms with Gasteiger partial charge >= 0.3 is 0 Å². The molecule has 19 heavy (non-hydrogen) atoms. The second kappa shape index (κ2) is 4.51. The first-order valence-electron chi connectivity index (χ1n) is 6.98. The van der Waals surface area contributed by atoms with Gasteiger partial charge in [0.15, 0.2) is 0 Å². The molecule has 3 nitrogen and oxygen atoms in total. The van der Waals surface area contributed by atoms with Crippen molar-refractivity contribution in [3.63, 3.8) is 0 Å². The molecule has 0 radical (unpaired) electrons. The van der Waals surface area contributed by atoms with Crippen molar-refractivity contribution in [1.82, 2.24) is 4.57 Å². The molecule has 4 rings (SSSR count). The maximum absolute atomic E-state index is 6.26. The van der Waals surface area contributed by atoms with Crippen molar-refractivity contribution in [2.24, 2.45) is 5.84 Å². The number of aromatic nitrogens is 1. The number of rotatable bonds is 0. The van der Waals surface area contributed by atoms with E-state index >= 15 is 0 Å². The fourth-order valence-corrected chi connectivity index (χ4v) is 3.86. The molecule has 1 aromatic heterocycles. The van der Waals surface area contributed by atoms with Gasteiger partial charge in [-0.25, -0.2) is 0 Å². The Balaban J connectivity index is 0.00000110. The van der Waals surface area contributed by atoms with E-state index < -0.39 is 0 Å². The SMILES string of the molecule is Cc1ccc2c(c1)c1c3n2CC[NH+](N)C3CCC1.[Cl-]. The lowest BCUT2D eigenvalue weighted by Crippen LogP contribution is -3.19. The first-order chi connectivity index (χ1) is 8.75. The van der Waals surface area contributed by atoms with Crippen LogP contribution in [0.5, 0.6) is 0 Å². The Morgan fingerprint density at radius 1 is 1.37 bits per heavy atom. The first-order valence-corrected chi connectivity index (χ1v) is 6.98. The smallest absolute Gasteiger partial charge is 0.146 e. The maximum Gasteiger partial charge on any atom is 0.146 e. The van der Waals surface area contributed by atoms with Gasteiger partial charge in [0.25, 0.3) is 0 Å². The molecule has 2 aromatic rings. The van der Waals surface area contributed by atoms with Gasteiger partial charge in [-0.2, -0.15) is 5.84 Å². The van der Waals surface area contributed by atoms with E-state index in [1.54, 1.807) is 5.56 Å². The van der Waals surface area contributed by atoms with Gasteiger partial charge in [-0.05, 0) is 37.5 Å². The zero-order chi connectivity index (χ0) is 12.3. The van der Waals surface area contributed by atoms with Crippen LogP contribution < -0.4 is 23.3 Å². The average molecular weight is 278 g/mol. The van der Waals surface area contributed by atoms with Crippen molar-refractivity contribution in [3.05, 3.63) is 35.0 Å². The van der Waals surface area contributed by atoms with E-state index in [0.717, 1.165) is 13.1 Å². The Morgan fingerprint density at radius 3 is 3.05 bits per heavy atom. The number of hydrogen-bond acceptors (Lipinski definition) is 1. The fourth-order valence-electron chi connectivity index (χ4n) is 3.86. The lowest BCUT2D eigenvalue weighted by Gasteiger charge is -2.33. The van der Waals surface area contributed by atoms with Crippen molar-refractivity contribution < 1.29 is 17.4 Å². The van der Waals surface area contributed by atoms with Gasteiger partial charge in [0.05, 0.1) is 12.2 Å². The highest BCUT2D eigenvalue weighted by molar-refractivity contribution is 5.86. The minimum Gasteiger partial charge on any atom is -1.00 e. The van der Waals surface area contributed by atoms with Crippen LogP contribution >= 0.6 is 0 Å². The molecule has 2 atom stereocenters. The van der Waals surface area contributed by atoms with Crippen LogP contribution in [0.25, 0.3) is 10.9 Å². The molecule has 4 heteroatoms. The van der Waals surface area contributed by atoms with E-state index in [4.69, 9.17) is 5.84 Å². The zero-order valence-electron chi connectivity index (χ0n) is 11.2. The number of halogens is 1. The largest absolute Gasteiger partial charge is 1.00 e. The maximum atomic E-state index is 6.26. The third-order valence-electron chi connectivity index (χ3n) is 4.69. The molecule has 1 aromatic carbocycles. The van der Waals surface area contributed by atoms with Crippen LogP contribution in [0.4, 0.5) is 0 Å². The standard InChI is InChI=1S/C15H19N3.ClH/c1-10-5-6-13-12(9-10)11-3-2-4-14-15(11)17(13)7-8-18(14)16;/h5-6,9,14H,2-4,7-8,16H2,1H3;1H. The van der Waals surface area contributed by atoms with Crippen molar-refractivity contribution in [2.45, 2.75) is 38.8 Å². The van der Waals surface area contributed by atoms with E-state index in [-0.39, 0.29) is 12.4 Å². The van der Waals surface area contributed by atoms with Gasteiger partial charge in [-0.3, -0.25) is 5.01 Å². The molecule has 0 saturated heterocycles. The molecule has 0 fully saturated rings. The van der Waals surface area contributed by atoms with Crippen LogP contribution in [0.3, 0.4) is 0 Å². The topological polar surface area (TPSA) is 35.4 Å². The lowest BCUT2D eigenvalue weighted by atomic mass is 9.90. The summed E-state index contributed by atoms with van der Waals surface area (Å²) >= 11 is 0. The number of fused-ring (bicyclic) bond motifs is 3. The van der Waals surface area contributed by atoms with Crippen LogP contribution in [0, 0.1) is 6.92 Å². The van der Waals surface area contributed by atoms with E-state index in [2.05, 4.69) is 29.7 Å². The first kappa shape index (κ1) is 13.0. The molecule has 0 bridgehead atoms. The van der Waals surface area contributed by atoms with Gasteiger partial charge in [-0.1, -0.05) is 11.6 Å². The van der Waals surface area contributed by atoms with Crippen molar-refractivity contribution in [1.29, 1.82) is 0 Å². The highest BCUT2D eigenvalue weighted by atomic mass is 35.5. The third-order valence-corrected chi connectivity index (χ3v) is 4.69. The summed E-state index contributed by atoms with van der Waals surface area (Å²) in [5.41, 5.74) is 5.89. The summed E-state index contributed by atoms with van der Waals surface area (Å²) in [7, 11) is 0. The van der Waals surface area contributed by atoms with E-state index in [0.29, 0.717) is 6.04 Å². The summed E-state index contributed by atoms with van der Waals surface area (Å²) in [6, 6.07) is 7.40.